The Labute approximate surface area is 188 Å². The molecule has 2 atom stereocenters. The molecule has 2 saturated heterocycles. The molecule has 0 radical (unpaired) electrons. The molecule has 0 aliphatic carbocycles. The third kappa shape index (κ3) is 4.65. The van der Waals surface area contributed by atoms with Gasteiger partial charge in [-0.25, -0.2) is 0 Å². The number of ether oxygens (including phenoxy) is 1. The van der Waals surface area contributed by atoms with Crippen molar-refractivity contribution in [1.29, 1.82) is 0 Å². The fraction of sp³-hybridized carbons (Fsp3) is 0.542. The second-order valence-electron chi connectivity index (χ2n) is 8.65. The maximum Gasteiger partial charge on any atom is 0.310 e. The number of fused-ring (bicyclic) bond motifs is 1. The summed E-state index contributed by atoms with van der Waals surface area (Å²) in [5.74, 6) is -0.394. The van der Waals surface area contributed by atoms with Crippen molar-refractivity contribution in [2.24, 2.45) is 5.92 Å². The van der Waals surface area contributed by atoms with Gasteiger partial charge in [-0.2, -0.15) is 0 Å². The highest BCUT2D eigenvalue weighted by atomic mass is 16.5. The molecule has 2 unspecified atom stereocenters. The van der Waals surface area contributed by atoms with E-state index in [1.54, 1.807) is 11.8 Å². The van der Waals surface area contributed by atoms with E-state index in [-0.39, 0.29) is 29.7 Å². The standard InChI is InChI=1S/C24H32N4O4/c1-3-32-24(31)19-8-6-10-28(16-19)22(29)17(2)26-11-13-27(14-12-26)23(30)21-15-18-7-4-5-9-20(18)25-21/h4-5,7,9,15,17,19,25H,3,6,8,10-14,16H2,1-2H3. The molecule has 2 aromatic rings. The zero-order valence-electron chi connectivity index (χ0n) is 18.9. The number of para-hydroxylation sites is 1. The van der Waals surface area contributed by atoms with Crippen molar-refractivity contribution in [2.75, 3.05) is 45.9 Å². The Kier molecular flexibility index (Phi) is 6.79. The number of carbonyl (C=O) groups excluding carboxylic acids is 3. The van der Waals surface area contributed by atoms with E-state index >= 15 is 0 Å². The molecular formula is C24H32N4O4. The smallest absolute Gasteiger partial charge is 0.310 e. The van der Waals surface area contributed by atoms with Crippen molar-refractivity contribution >= 4 is 28.7 Å². The molecule has 3 heterocycles. The summed E-state index contributed by atoms with van der Waals surface area (Å²) in [6, 6.07) is 9.47. The van der Waals surface area contributed by atoms with Crippen molar-refractivity contribution in [3.8, 4) is 0 Å². The van der Waals surface area contributed by atoms with Crippen LogP contribution in [0.1, 0.15) is 37.2 Å². The molecule has 0 bridgehead atoms. The highest BCUT2D eigenvalue weighted by Crippen LogP contribution is 2.21. The molecule has 172 valence electrons. The maximum atomic E-state index is 13.1. The van der Waals surface area contributed by atoms with Crippen molar-refractivity contribution in [2.45, 2.75) is 32.7 Å². The van der Waals surface area contributed by atoms with Crippen LogP contribution in [0.3, 0.4) is 0 Å². The molecule has 32 heavy (non-hydrogen) atoms. The van der Waals surface area contributed by atoms with Crippen LogP contribution in [0.5, 0.6) is 0 Å². The average molecular weight is 441 g/mol. The molecule has 2 fully saturated rings. The number of esters is 1. The number of H-pyrrole nitrogens is 1. The van der Waals surface area contributed by atoms with E-state index in [4.69, 9.17) is 4.74 Å². The normalized spacial score (nSPS) is 20.9. The molecule has 2 aliphatic rings. The van der Waals surface area contributed by atoms with Crippen LogP contribution in [0.25, 0.3) is 10.9 Å². The largest absolute Gasteiger partial charge is 0.466 e. The average Bonchev–Trinajstić information content (AvgIpc) is 3.27. The molecule has 1 aromatic carbocycles. The molecule has 0 saturated carbocycles. The van der Waals surface area contributed by atoms with Crippen LogP contribution < -0.4 is 0 Å². The van der Waals surface area contributed by atoms with Crippen LogP contribution in [0.2, 0.25) is 0 Å². The van der Waals surface area contributed by atoms with E-state index in [0.717, 1.165) is 23.7 Å². The van der Waals surface area contributed by atoms with Gasteiger partial charge in [0.05, 0.1) is 18.6 Å². The van der Waals surface area contributed by atoms with Gasteiger partial charge in [0.1, 0.15) is 5.69 Å². The Bertz CT molecular complexity index is 946. The Morgan fingerprint density at radius 3 is 2.56 bits per heavy atom. The van der Waals surface area contributed by atoms with Gasteiger partial charge in [0.2, 0.25) is 5.91 Å². The number of hydrogen-bond donors (Lipinski definition) is 1. The Morgan fingerprint density at radius 1 is 1.09 bits per heavy atom. The van der Waals surface area contributed by atoms with E-state index in [9.17, 15) is 14.4 Å². The molecule has 1 N–H and O–H groups in total. The summed E-state index contributed by atoms with van der Waals surface area (Å²) in [6.07, 6.45) is 1.58. The van der Waals surface area contributed by atoms with Crippen molar-refractivity contribution in [3.05, 3.63) is 36.0 Å². The van der Waals surface area contributed by atoms with E-state index in [2.05, 4.69) is 9.88 Å². The number of rotatable bonds is 5. The lowest BCUT2D eigenvalue weighted by Crippen LogP contribution is -2.56. The number of aromatic nitrogens is 1. The van der Waals surface area contributed by atoms with Gasteiger partial charge >= 0.3 is 5.97 Å². The van der Waals surface area contributed by atoms with Crippen LogP contribution in [-0.4, -0.2) is 89.4 Å². The van der Waals surface area contributed by atoms with Crippen LogP contribution in [0, 0.1) is 5.92 Å². The number of hydrogen-bond acceptors (Lipinski definition) is 5. The van der Waals surface area contributed by atoms with E-state index in [1.807, 2.05) is 42.2 Å². The molecule has 8 nitrogen and oxygen atoms in total. The number of nitrogens with one attached hydrogen (secondary N) is 1. The fourth-order valence-corrected chi connectivity index (χ4v) is 4.72. The summed E-state index contributed by atoms with van der Waals surface area (Å²) >= 11 is 0. The van der Waals surface area contributed by atoms with Crippen molar-refractivity contribution in [3.63, 3.8) is 0 Å². The first kappa shape index (κ1) is 22.3. The lowest BCUT2D eigenvalue weighted by atomic mass is 9.97. The summed E-state index contributed by atoms with van der Waals surface area (Å²) in [5, 5.41) is 1.02. The third-order valence-electron chi connectivity index (χ3n) is 6.62. The summed E-state index contributed by atoms with van der Waals surface area (Å²) in [7, 11) is 0. The summed E-state index contributed by atoms with van der Waals surface area (Å²) in [6.45, 7) is 7.65. The van der Waals surface area contributed by atoms with Gasteiger partial charge in [0, 0.05) is 50.2 Å². The van der Waals surface area contributed by atoms with E-state index < -0.39 is 0 Å². The minimum absolute atomic E-state index is 0.00635. The van der Waals surface area contributed by atoms with Gasteiger partial charge in [-0.15, -0.1) is 0 Å². The van der Waals surface area contributed by atoms with Crippen LogP contribution in [0.4, 0.5) is 0 Å². The van der Waals surface area contributed by atoms with Gasteiger partial charge in [0.15, 0.2) is 0 Å². The first-order valence-corrected chi connectivity index (χ1v) is 11.5. The quantitative estimate of drug-likeness (QED) is 0.720. The van der Waals surface area contributed by atoms with Crippen LogP contribution >= 0.6 is 0 Å². The zero-order chi connectivity index (χ0) is 22.7. The highest BCUT2D eigenvalue weighted by Gasteiger charge is 2.34. The van der Waals surface area contributed by atoms with Crippen molar-refractivity contribution in [1.82, 2.24) is 19.7 Å². The van der Waals surface area contributed by atoms with E-state index in [0.29, 0.717) is 51.6 Å². The number of carbonyl (C=O) groups is 3. The molecule has 0 spiro atoms. The van der Waals surface area contributed by atoms with Gasteiger partial charge in [-0.3, -0.25) is 19.3 Å². The molecule has 4 rings (SSSR count). The second kappa shape index (κ2) is 9.73. The highest BCUT2D eigenvalue weighted by molar-refractivity contribution is 5.98. The van der Waals surface area contributed by atoms with E-state index in [1.165, 1.54) is 0 Å². The zero-order valence-corrected chi connectivity index (χ0v) is 18.9. The molecule has 8 heteroatoms. The Balaban J connectivity index is 1.31. The Morgan fingerprint density at radius 2 is 1.84 bits per heavy atom. The van der Waals surface area contributed by atoms with Crippen molar-refractivity contribution < 1.29 is 19.1 Å². The third-order valence-corrected chi connectivity index (χ3v) is 6.62. The summed E-state index contributed by atoms with van der Waals surface area (Å²) in [5.41, 5.74) is 1.55. The SMILES string of the molecule is CCOC(=O)C1CCCN(C(=O)C(C)N2CCN(C(=O)c3cc4ccccc4[nH]3)CC2)C1. The number of likely N-dealkylation sites (tertiary alicyclic amines) is 1. The lowest BCUT2D eigenvalue weighted by Gasteiger charge is -2.40. The summed E-state index contributed by atoms with van der Waals surface area (Å²) in [4.78, 5) is 47.1. The lowest BCUT2D eigenvalue weighted by molar-refractivity contribution is -0.152. The molecule has 2 amide bonds. The summed E-state index contributed by atoms with van der Waals surface area (Å²) < 4.78 is 5.15. The van der Waals surface area contributed by atoms with Crippen LogP contribution in [-0.2, 0) is 14.3 Å². The van der Waals surface area contributed by atoms with Gasteiger partial charge < -0.3 is 19.5 Å². The number of piperidine rings is 1. The number of benzene rings is 1. The number of aromatic amines is 1. The van der Waals surface area contributed by atoms with Gasteiger partial charge in [-0.05, 0) is 38.8 Å². The predicted molar refractivity (Wildman–Crippen MR) is 121 cm³/mol. The number of nitrogens with zero attached hydrogens (tertiary/aromatic N) is 3. The molecule has 2 aliphatic heterocycles. The minimum atomic E-state index is -0.277. The topological polar surface area (TPSA) is 85.9 Å². The first-order chi connectivity index (χ1) is 15.5. The van der Waals surface area contributed by atoms with Gasteiger partial charge in [0.25, 0.3) is 5.91 Å². The molecule has 1 aromatic heterocycles. The second-order valence-corrected chi connectivity index (χ2v) is 8.65. The van der Waals surface area contributed by atoms with Crippen LogP contribution in [0.15, 0.2) is 30.3 Å². The fourth-order valence-electron chi connectivity index (χ4n) is 4.72. The van der Waals surface area contributed by atoms with Gasteiger partial charge in [-0.1, -0.05) is 18.2 Å². The monoisotopic (exact) mass is 440 g/mol. The maximum absolute atomic E-state index is 13.1. The Hall–Kier alpha value is -2.87. The molecular weight excluding hydrogens is 408 g/mol. The number of piperazine rings is 1. The minimum Gasteiger partial charge on any atom is -0.466 e. The number of amides is 2. The first-order valence-electron chi connectivity index (χ1n) is 11.5. The predicted octanol–water partition coefficient (Wildman–Crippen LogP) is 2.12.